The van der Waals surface area contributed by atoms with Gasteiger partial charge in [0.15, 0.2) is 0 Å². The molecule has 1 aromatic heterocycles. The molecule has 1 aromatic carbocycles. The Labute approximate surface area is 174 Å². The van der Waals surface area contributed by atoms with Crippen LogP contribution in [0.5, 0.6) is 11.6 Å². The van der Waals surface area contributed by atoms with Gasteiger partial charge in [-0.05, 0) is 42.7 Å². The van der Waals surface area contributed by atoms with Crippen LogP contribution in [0.15, 0.2) is 24.4 Å². The minimum Gasteiger partial charge on any atom is -0.496 e. The van der Waals surface area contributed by atoms with Crippen LogP contribution in [0.1, 0.15) is 48.7 Å². The molecule has 0 aliphatic rings. The number of pyridine rings is 1. The highest BCUT2D eigenvalue weighted by atomic mass is 19.4. The molecular weight excluding hydrogens is 401 g/mol. The van der Waals surface area contributed by atoms with Crippen LogP contribution in [0.2, 0.25) is 0 Å². The topological polar surface area (TPSA) is 83.7 Å². The molecule has 2 aromatic rings. The van der Waals surface area contributed by atoms with Crippen molar-refractivity contribution in [2.45, 2.75) is 47.0 Å². The molecule has 1 heterocycles. The van der Waals surface area contributed by atoms with Gasteiger partial charge in [-0.3, -0.25) is 0 Å². The predicted octanol–water partition coefficient (Wildman–Crippen LogP) is 5.02. The van der Waals surface area contributed by atoms with Crippen LogP contribution in [0.3, 0.4) is 0 Å². The summed E-state index contributed by atoms with van der Waals surface area (Å²) in [5, 5.41) is 0. The third-order valence-electron chi connectivity index (χ3n) is 3.78. The summed E-state index contributed by atoms with van der Waals surface area (Å²) in [6.07, 6.45) is -2.32. The van der Waals surface area contributed by atoms with Crippen LogP contribution < -0.4 is 15.2 Å². The number of nitrogens with two attached hydrogens (primary N) is 1. The summed E-state index contributed by atoms with van der Waals surface area (Å²) in [5.41, 5.74) is 8.23. The fraction of sp³-hybridized carbons (Fsp3) is 0.429. The Kier molecular flexibility index (Phi) is 9.58. The summed E-state index contributed by atoms with van der Waals surface area (Å²) in [7, 11) is 1.41. The van der Waals surface area contributed by atoms with Crippen LogP contribution in [0.4, 0.5) is 13.2 Å². The smallest absolute Gasteiger partial charge is 0.496 e. The van der Waals surface area contributed by atoms with Crippen molar-refractivity contribution in [3.8, 4) is 22.8 Å². The van der Waals surface area contributed by atoms with Crippen molar-refractivity contribution < 1.29 is 32.2 Å². The number of hydrogen-bond donors (Lipinski definition) is 1. The summed E-state index contributed by atoms with van der Waals surface area (Å²) in [6.45, 7) is 7.89. The van der Waals surface area contributed by atoms with Crippen molar-refractivity contribution >= 4 is 5.97 Å². The zero-order chi connectivity index (χ0) is 22.9. The second-order valence-electron chi connectivity index (χ2n) is 6.18. The Bertz CT molecular complexity index is 838. The molecule has 0 amide bonds. The number of rotatable bonds is 6. The molecule has 0 bridgehead atoms. The molecule has 0 radical (unpaired) electrons. The quantitative estimate of drug-likeness (QED) is 0.651. The molecule has 9 heteroatoms. The Balaban J connectivity index is 0.00000141. The average Bonchev–Trinajstić information content (AvgIpc) is 2.68. The fourth-order valence-corrected chi connectivity index (χ4v) is 2.67. The molecule has 0 atom stereocenters. The van der Waals surface area contributed by atoms with Crippen molar-refractivity contribution in [3.05, 3.63) is 41.1 Å². The lowest BCUT2D eigenvalue weighted by Crippen LogP contribution is -2.17. The molecule has 6 nitrogen and oxygen atoms in total. The van der Waals surface area contributed by atoms with Crippen molar-refractivity contribution in [1.29, 1.82) is 0 Å². The molecule has 0 fully saturated rings. The maximum Gasteiger partial charge on any atom is 0.574 e. The number of methoxy groups -OCH3 is 1. The zero-order valence-corrected chi connectivity index (χ0v) is 17.7. The van der Waals surface area contributed by atoms with Crippen molar-refractivity contribution in [2.75, 3.05) is 13.7 Å². The second kappa shape index (κ2) is 11.4. The maximum absolute atomic E-state index is 12.3. The number of ether oxygens (including phenoxy) is 3. The Morgan fingerprint density at radius 2 is 1.83 bits per heavy atom. The van der Waals surface area contributed by atoms with Crippen molar-refractivity contribution in [3.63, 3.8) is 0 Å². The highest BCUT2D eigenvalue weighted by Crippen LogP contribution is 2.36. The highest BCUT2D eigenvalue weighted by Gasteiger charge is 2.31. The number of nitrogens with zero attached hydrogens (tertiary/aromatic N) is 1. The first-order valence-corrected chi connectivity index (χ1v) is 9.43. The van der Waals surface area contributed by atoms with E-state index < -0.39 is 18.2 Å². The van der Waals surface area contributed by atoms with E-state index in [0.29, 0.717) is 28.0 Å². The van der Waals surface area contributed by atoms with Crippen molar-refractivity contribution in [2.24, 2.45) is 5.73 Å². The van der Waals surface area contributed by atoms with E-state index in [4.69, 9.17) is 15.2 Å². The standard InChI is InChI=1S/C18H19F3N2O4.C3H8/c1-4-26-17(24)15-12(8-22)7-13(10(2)16(15)25-3)11-5-6-14(23-9-11)27-18(19,20)21;1-3-2/h5-7,9H,4,8,22H2,1-3H3;3H2,1-2H3. The first-order valence-electron chi connectivity index (χ1n) is 9.43. The third-order valence-corrected chi connectivity index (χ3v) is 3.78. The van der Waals surface area contributed by atoms with E-state index in [1.54, 1.807) is 19.9 Å². The lowest BCUT2D eigenvalue weighted by molar-refractivity contribution is -0.276. The van der Waals surface area contributed by atoms with Crippen LogP contribution in [0, 0.1) is 6.92 Å². The number of carbonyl (C=O) groups is 1. The van der Waals surface area contributed by atoms with Crippen molar-refractivity contribution in [1.82, 2.24) is 4.98 Å². The van der Waals surface area contributed by atoms with Gasteiger partial charge >= 0.3 is 12.3 Å². The van der Waals surface area contributed by atoms with Gasteiger partial charge < -0.3 is 19.9 Å². The van der Waals surface area contributed by atoms with Crippen LogP contribution in [-0.4, -0.2) is 31.0 Å². The average molecular weight is 428 g/mol. The van der Waals surface area contributed by atoms with Crippen LogP contribution in [0.25, 0.3) is 11.1 Å². The van der Waals surface area contributed by atoms with Gasteiger partial charge in [0.25, 0.3) is 0 Å². The molecule has 0 unspecified atom stereocenters. The molecule has 0 saturated heterocycles. The van der Waals surface area contributed by atoms with Crippen LogP contribution in [-0.2, 0) is 11.3 Å². The Hall–Kier alpha value is -2.81. The molecule has 0 aliphatic carbocycles. The number of aromatic nitrogens is 1. The first kappa shape index (κ1) is 25.2. The number of hydrogen-bond acceptors (Lipinski definition) is 6. The predicted molar refractivity (Wildman–Crippen MR) is 107 cm³/mol. The highest BCUT2D eigenvalue weighted by molar-refractivity contribution is 5.96. The van der Waals surface area contributed by atoms with E-state index in [2.05, 4.69) is 23.6 Å². The maximum atomic E-state index is 12.3. The van der Waals surface area contributed by atoms with Crippen LogP contribution >= 0.6 is 0 Å². The Morgan fingerprint density at radius 3 is 2.27 bits per heavy atom. The third kappa shape index (κ3) is 6.62. The minimum absolute atomic E-state index is 0.0421. The van der Waals surface area contributed by atoms with Gasteiger partial charge in [-0.15, -0.1) is 13.2 Å². The summed E-state index contributed by atoms with van der Waals surface area (Å²) >= 11 is 0. The van der Waals surface area contributed by atoms with Gasteiger partial charge in [-0.2, -0.15) is 0 Å². The fourth-order valence-electron chi connectivity index (χ4n) is 2.67. The summed E-state index contributed by atoms with van der Waals surface area (Å²) < 4.78 is 51.0. The van der Waals surface area contributed by atoms with Gasteiger partial charge in [0.1, 0.15) is 11.3 Å². The molecular formula is C21H27F3N2O4. The lowest BCUT2D eigenvalue weighted by atomic mass is 9.93. The van der Waals surface area contributed by atoms with E-state index in [1.807, 2.05) is 0 Å². The van der Waals surface area contributed by atoms with Gasteiger partial charge in [-0.25, -0.2) is 9.78 Å². The van der Waals surface area contributed by atoms with E-state index in [9.17, 15) is 18.0 Å². The number of alkyl halides is 3. The van der Waals surface area contributed by atoms with Gasteiger partial charge in [0.05, 0.1) is 13.7 Å². The number of benzene rings is 1. The Morgan fingerprint density at radius 1 is 1.20 bits per heavy atom. The summed E-state index contributed by atoms with van der Waals surface area (Å²) in [5.74, 6) is -0.837. The molecule has 0 saturated carbocycles. The largest absolute Gasteiger partial charge is 0.574 e. The number of halogens is 3. The minimum atomic E-state index is -4.82. The molecule has 0 aliphatic heterocycles. The van der Waals surface area contributed by atoms with E-state index in [0.717, 1.165) is 6.07 Å². The second-order valence-corrected chi connectivity index (χ2v) is 6.18. The molecule has 166 valence electrons. The molecule has 30 heavy (non-hydrogen) atoms. The molecule has 0 spiro atoms. The summed E-state index contributed by atoms with van der Waals surface area (Å²) in [6, 6.07) is 4.21. The molecule has 2 rings (SSSR count). The van der Waals surface area contributed by atoms with E-state index in [-0.39, 0.29) is 18.7 Å². The van der Waals surface area contributed by atoms with E-state index >= 15 is 0 Å². The first-order chi connectivity index (χ1) is 14.1. The normalized spacial score (nSPS) is 10.7. The number of carbonyl (C=O) groups excluding carboxylic acids is 1. The SMILES string of the molecule is CCC.CCOC(=O)c1c(CN)cc(-c2ccc(OC(F)(F)F)nc2)c(C)c1OC. The molecule has 2 N–H and O–H groups in total. The van der Waals surface area contributed by atoms with Gasteiger partial charge in [0.2, 0.25) is 5.88 Å². The zero-order valence-electron chi connectivity index (χ0n) is 17.7. The van der Waals surface area contributed by atoms with E-state index in [1.165, 1.54) is 25.8 Å². The van der Waals surface area contributed by atoms with Gasteiger partial charge in [0, 0.05) is 24.4 Å². The monoisotopic (exact) mass is 428 g/mol. The lowest BCUT2D eigenvalue weighted by Gasteiger charge is -2.18. The summed E-state index contributed by atoms with van der Waals surface area (Å²) in [4.78, 5) is 16.0. The van der Waals surface area contributed by atoms with Gasteiger partial charge in [-0.1, -0.05) is 20.3 Å². The number of esters is 1.